The van der Waals surface area contributed by atoms with Crippen molar-refractivity contribution in [1.29, 1.82) is 0 Å². The molecule has 0 saturated carbocycles. The van der Waals surface area contributed by atoms with Crippen molar-refractivity contribution in [2.75, 3.05) is 7.11 Å². The molecule has 57 valence electrons. The van der Waals surface area contributed by atoms with E-state index in [-0.39, 0.29) is 12.4 Å². The Hall–Kier alpha value is -0.900. The highest BCUT2D eigenvalue weighted by Gasteiger charge is 2.05. The fourth-order valence-electron chi connectivity index (χ4n) is 0.434. The van der Waals surface area contributed by atoms with Gasteiger partial charge < -0.3 is 10.5 Å². The Morgan fingerprint density at radius 2 is 2.40 bits per heavy atom. The quantitative estimate of drug-likeness (QED) is 0.534. The summed E-state index contributed by atoms with van der Waals surface area (Å²) in [6.07, 6.45) is 2.04. The Labute approximate surface area is 59.3 Å². The molecule has 0 bridgehead atoms. The van der Waals surface area contributed by atoms with Crippen molar-refractivity contribution in [2.45, 2.75) is 18.9 Å². The lowest BCUT2D eigenvalue weighted by atomic mass is 10.2. The van der Waals surface area contributed by atoms with E-state index in [0.29, 0.717) is 6.42 Å². The second-order valence-electron chi connectivity index (χ2n) is 1.84. The first-order valence-corrected chi connectivity index (χ1v) is 2.90. The minimum Gasteiger partial charge on any atom is -0.469 e. The van der Waals surface area contributed by atoms with Crippen molar-refractivity contribution in [2.24, 2.45) is 5.73 Å². The molecule has 0 unspecified atom stereocenters. The second-order valence-corrected chi connectivity index (χ2v) is 1.84. The third-order valence-corrected chi connectivity index (χ3v) is 1.04. The monoisotopic (exact) mass is 144 g/mol. The van der Waals surface area contributed by atoms with Crippen molar-refractivity contribution in [3.05, 3.63) is 0 Å². The fraction of sp³-hybridized carbons (Fsp3) is 0.667. The summed E-state index contributed by atoms with van der Waals surface area (Å²) in [4.78, 5) is 20.2. The normalized spacial score (nSPS) is 12.2. The number of carbonyl (C=O) groups excluding carboxylic acids is 2. The number of carbonyl (C=O) groups is 1. The zero-order valence-electron chi connectivity index (χ0n) is 5.79. The molecule has 0 spiro atoms. The van der Waals surface area contributed by atoms with Gasteiger partial charge in [0.25, 0.3) is 0 Å². The topological polar surface area (TPSA) is 69.4 Å². The average Bonchev–Trinajstić information content (AvgIpc) is 1.99. The summed E-state index contributed by atoms with van der Waals surface area (Å²) in [5.41, 5.74) is 5.14. The molecule has 10 heavy (non-hydrogen) atoms. The van der Waals surface area contributed by atoms with E-state index in [4.69, 9.17) is 5.73 Å². The predicted molar refractivity (Wildman–Crippen MR) is 34.9 cm³/mol. The minimum atomic E-state index is -0.668. The number of rotatable bonds is 4. The van der Waals surface area contributed by atoms with Crippen LogP contribution in [0.4, 0.5) is 0 Å². The summed E-state index contributed by atoms with van der Waals surface area (Å²) in [6, 6.07) is -0.668. The van der Waals surface area contributed by atoms with Gasteiger partial charge >= 0.3 is 5.97 Å². The lowest BCUT2D eigenvalue weighted by Gasteiger charge is -1.99. The van der Waals surface area contributed by atoms with Gasteiger partial charge in [-0.05, 0) is 6.42 Å². The lowest BCUT2D eigenvalue weighted by molar-refractivity contribution is -0.140. The maximum Gasteiger partial charge on any atom is 0.305 e. The van der Waals surface area contributed by atoms with E-state index in [1.807, 2.05) is 0 Å². The molecule has 0 heterocycles. The summed E-state index contributed by atoms with van der Waals surface area (Å²) >= 11 is 0. The molecule has 1 atom stereocenters. The first kappa shape index (κ1) is 9.10. The number of esters is 1. The molecule has 1 radical (unpaired) electrons. The van der Waals surface area contributed by atoms with E-state index in [1.165, 1.54) is 7.11 Å². The largest absolute Gasteiger partial charge is 0.469 e. The molecular weight excluding hydrogens is 134 g/mol. The lowest BCUT2D eigenvalue weighted by Crippen LogP contribution is -2.22. The van der Waals surface area contributed by atoms with Crippen LogP contribution in [0, 0.1) is 0 Å². The van der Waals surface area contributed by atoms with Gasteiger partial charge in [0, 0.05) is 6.42 Å². The molecule has 0 aliphatic rings. The molecule has 0 aliphatic heterocycles. The van der Waals surface area contributed by atoms with E-state index in [9.17, 15) is 9.59 Å². The van der Waals surface area contributed by atoms with Crippen LogP contribution in [0.3, 0.4) is 0 Å². The van der Waals surface area contributed by atoms with Crippen LogP contribution in [0.5, 0.6) is 0 Å². The Kier molecular flexibility index (Phi) is 4.49. The van der Waals surface area contributed by atoms with Crippen LogP contribution in [0.15, 0.2) is 0 Å². The molecule has 0 rings (SSSR count). The van der Waals surface area contributed by atoms with Gasteiger partial charge in [0.2, 0.25) is 6.29 Å². The molecule has 4 heteroatoms. The third kappa shape index (κ3) is 4.03. The predicted octanol–water partition coefficient (Wildman–Crippen LogP) is -0.623. The van der Waals surface area contributed by atoms with Gasteiger partial charge in [-0.3, -0.25) is 9.59 Å². The molecular formula is C6H10NO3. The minimum absolute atomic E-state index is 0.174. The second kappa shape index (κ2) is 4.93. The number of hydrogen-bond acceptors (Lipinski definition) is 4. The fourth-order valence-corrected chi connectivity index (χ4v) is 0.434. The van der Waals surface area contributed by atoms with Crippen LogP contribution in [0.25, 0.3) is 0 Å². The highest BCUT2D eigenvalue weighted by Crippen LogP contribution is 1.93. The highest BCUT2D eigenvalue weighted by atomic mass is 16.5. The van der Waals surface area contributed by atoms with Crippen molar-refractivity contribution >= 4 is 12.3 Å². The number of ether oxygens (including phenoxy) is 1. The molecule has 0 aliphatic carbocycles. The summed E-state index contributed by atoms with van der Waals surface area (Å²) < 4.78 is 4.32. The van der Waals surface area contributed by atoms with Gasteiger partial charge in [-0.25, -0.2) is 0 Å². The summed E-state index contributed by atoms with van der Waals surface area (Å²) in [5, 5.41) is 0. The molecule has 2 N–H and O–H groups in total. The maximum absolute atomic E-state index is 10.4. The van der Waals surface area contributed by atoms with Crippen LogP contribution in [-0.4, -0.2) is 25.4 Å². The van der Waals surface area contributed by atoms with Crippen LogP contribution < -0.4 is 5.73 Å². The first-order chi connectivity index (χ1) is 4.70. The highest BCUT2D eigenvalue weighted by molar-refractivity contribution is 5.70. The van der Waals surface area contributed by atoms with Gasteiger partial charge in [-0.2, -0.15) is 0 Å². The third-order valence-electron chi connectivity index (χ3n) is 1.04. The van der Waals surface area contributed by atoms with E-state index in [2.05, 4.69) is 4.74 Å². The summed E-state index contributed by atoms with van der Waals surface area (Å²) in [5.74, 6) is -0.356. The molecule has 0 aromatic rings. The molecule has 0 amide bonds. The molecule has 4 nitrogen and oxygen atoms in total. The number of hydrogen-bond donors (Lipinski definition) is 1. The Bertz CT molecular complexity index is 124. The zero-order chi connectivity index (χ0) is 7.98. The van der Waals surface area contributed by atoms with Gasteiger partial charge in [-0.1, -0.05) is 0 Å². The molecule has 0 fully saturated rings. The van der Waals surface area contributed by atoms with Gasteiger partial charge in [0.05, 0.1) is 13.2 Å². The van der Waals surface area contributed by atoms with E-state index < -0.39 is 6.04 Å². The number of nitrogens with two attached hydrogens (primary N) is 1. The van der Waals surface area contributed by atoms with Crippen LogP contribution in [-0.2, 0) is 14.3 Å². The van der Waals surface area contributed by atoms with Gasteiger partial charge in [-0.15, -0.1) is 0 Å². The van der Waals surface area contributed by atoms with Gasteiger partial charge in [0.15, 0.2) is 0 Å². The zero-order valence-corrected chi connectivity index (χ0v) is 5.79. The van der Waals surface area contributed by atoms with Crippen molar-refractivity contribution in [3.63, 3.8) is 0 Å². The number of methoxy groups -OCH3 is 1. The van der Waals surface area contributed by atoms with Crippen LogP contribution in [0.1, 0.15) is 12.8 Å². The Morgan fingerprint density at radius 3 is 2.80 bits per heavy atom. The average molecular weight is 144 g/mol. The van der Waals surface area contributed by atoms with Crippen LogP contribution >= 0.6 is 0 Å². The molecule has 0 aromatic carbocycles. The van der Waals surface area contributed by atoms with E-state index in [1.54, 1.807) is 6.29 Å². The van der Waals surface area contributed by atoms with Crippen LogP contribution in [0.2, 0.25) is 0 Å². The summed E-state index contributed by atoms with van der Waals surface area (Å²) in [6.45, 7) is 0. The standard InChI is InChI=1S/C6H10NO3/c1-10-6(9)3-2-5(7)4-8/h5H,2-3,7H2,1H3/t5-/m0/s1. The Balaban J connectivity index is 3.34. The van der Waals surface area contributed by atoms with Crippen molar-refractivity contribution in [3.8, 4) is 0 Å². The maximum atomic E-state index is 10.4. The smallest absolute Gasteiger partial charge is 0.305 e. The summed E-state index contributed by atoms with van der Waals surface area (Å²) in [7, 11) is 1.29. The van der Waals surface area contributed by atoms with Crippen molar-refractivity contribution in [1.82, 2.24) is 0 Å². The SMILES string of the molecule is COC(=O)CC[C@H](N)[C]=O. The van der Waals surface area contributed by atoms with Crippen molar-refractivity contribution < 1.29 is 14.3 Å². The van der Waals surface area contributed by atoms with E-state index in [0.717, 1.165) is 0 Å². The Morgan fingerprint density at radius 1 is 1.80 bits per heavy atom. The van der Waals surface area contributed by atoms with E-state index >= 15 is 0 Å². The van der Waals surface area contributed by atoms with Gasteiger partial charge in [0.1, 0.15) is 0 Å². The molecule has 0 saturated heterocycles. The first-order valence-electron chi connectivity index (χ1n) is 2.90. The molecule has 0 aromatic heterocycles.